The second-order valence-corrected chi connectivity index (χ2v) is 5.52. The minimum atomic E-state index is -0.0114. The number of hydrogen-bond acceptors (Lipinski definition) is 5. The molecule has 2 rings (SSSR count). The number of rotatable bonds is 7. The Hall–Kier alpha value is -2.55. The fraction of sp³-hybridized carbons (Fsp3) is 0.316. The van der Waals surface area contributed by atoms with Crippen LogP contribution in [-0.2, 0) is 0 Å². The Bertz CT molecular complexity index is 725. The summed E-state index contributed by atoms with van der Waals surface area (Å²) >= 11 is 0. The molecule has 0 spiro atoms. The van der Waals surface area contributed by atoms with E-state index in [1.807, 2.05) is 49.4 Å². The van der Waals surface area contributed by atoms with Gasteiger partial charge in [0, 0.05) is 18.6 Å². The summed E-state index contributed by atoms with van der Waals surface area (Å²) in [4.78, 5) is 0. The van der Waals surface area contributed by atoms with Gasteiger partial charge in [0.25, 0.3) is 0 Å². The van der Waals surface area contributed by atoms with E-state index < -0.39 is 0 Å². The van der Waals surface area contributed by atoms with Gasteiger partial charge in [0.05, 0.1) is 19.8 Å². The van der Waals surface area contributed by atoms with Crippen molar-refractivity contribution < 1.29 is 9.47 Å². The Morgan fingerprint density at radius 3 is 2.54 bits per heavy atom. The van der Waals surface area contributed by atoms with Gasteiger partial charge in [-0.2, -0.15) is 5.26 Å². The van der Waals surface area contributed by atoms with Crippen LogP contribution in [0.4, 0.5) is 0 Å². The summed E-state index contributed by atoms with van der Waals surface area (Å²) in [7, 11) is 3.21. The van der Waals surface area contributed by atoms with Crippen molar-refractivity contribution in [1.29, 1.82) is 5.26 Å². The third-order valence-corrected chi connectivity index (χ3v) is 4.03. The number of benzene rings is 2. The molecule has 126 valence electrons. The predicted molar refractivity (Wildman–Crippen MR) is 94.0 cm³/mol. The number of hydrogen-bond donors (Lipinski definition) is 2. The van der Waals surface area contributed by atoms with E-state index in [1.54, 1.807) is 14.2 Å². The molecule has 0 saturated heterocycles. The quantitative estimate of drug-likeness (QED) is 0.818. The molecule has 0 aliphatic carbocycles. The monoisotopic (exact) mass is 325 g/mol. The highest BCUT2D eigenvalue weighted by Crippen LogP contribution is 2.25. The van der Waals surface area contributed by atoms with Crippen LogP contribution < -0.4 is 20.5 Å². The first kappa shape index (κ1) is 17.8. The van der Waals surface area contributed by atoms with E-state index in [-0.39, 0.29) is 12.1 Å². The van der Waals surface area contributed by atoms with Crippen molar-refractivity contribution in [2.75, 3.05) is 20.8 Å². The van der Waals surface area contributed by atoms with Gasteiger partial charge in [-0.1, -0.05) is 18.2 Å². The smallest absolute Gasteiger partial charge is 0.136 e. The molecule has 2 unspecified atom stereocenters. The third kappa shape index (κ3) is 4.05. The molecular formula is C19H23N3O2. The zero-order valence-corrected chi connectivity index (χ0v) is 14.2. The molecule has 5 nitrogen and oxygen atoms in total. The largest absolute Gasteiger partial charge is 0.497 e. The van der Waals surface area contributed by atoms with E-state index in [0.717, 1.165) is 16.9 Å². The van der Waals surface area contributed by atoms with Gasteiger partial charge in [0.15, 0.2) is 0 Å². The summed E-state index contributed by atoms with van der Waals surface area (Å²) in [6, 6.07) is 15.6. The molecule has 2 aromatic carbocycles. The standard InChI is InChI=1S/C19H23N3O2/c1-13(14-7-8-19(24-3)16(9-14)11-20)22-18(12-21)15-5-4-6-17(10-15)23-2/h4-10,13,18,22H,12,21H2,1-3H3. The molecule has 3 N–H and O–H groups in total. The van der Waals surface area contributed by atoms with Gasteiger partial charge in [0.1, 0.15) is 17.6 Å². The van der Waals surface area contributed by atoms with Crippen molar-refractivity contribution in [2.24, 2.45) is 5.73 Å². The first-order chi connectivity index (χ1) is 11.6. The van der Waals surface area contributed by atoms with Crippen LogP contribution in [0, 0.1) is 11.3 Å². The molecule has 0 heterocycles. The van der Waals surface area contributed by atoms with Crippen LogP contribution in [0.1, 0.15) is 35.7 Å². The second-order valence-electron chi connectivity index (χ2n) is 5.52. The highest BCUT2D eigenvalue weighted by molar-refractivity contribution is 5.46. The third-order valence-electron chi connectivity index (χ3n) is 4.03. The maximum Gasteiger partial charge on any atom is 0.136 e. The number of nitrogens with zero attached hydrogens (tertiary/aromatic N) is 1. The molecule has 5 heteroatoms. The Kier molecular flexibility index (Phi) is 6.19. The number of methoxy groups -OCH3 is 2. The minimum absolute atomic E-state index is 0.0114. The molecule has 0 amide bonds. The lowest BCUT2D eigenvalue weighted by atomic mass is 10.0. The van der Waals surface area contributed by atoms with Gasteiger partial charge >= 0.3 is 0 Å². The van der Waals surface area contributed by atoms with Crippen LogP contribution in [0.2, 0.25) is 0 Å². The first-order valence-corrected chi connectivity index (χ1v) is 7.81. The van der Waals surface area contributed by atoms with E-state index in [2.05, 4.69) is 11.4 Å². The molecule has 0 aliphatic rings. The Morgan fingerprint density at radius 1 is 1.12 bits per heavy atom. The molecule has 2 atom stereocenters. The lowest BCUT2D eigenvalue weighted by molar-refractivity contribution is 0.410. The molecule has 0 aliphatic heterocycles. The van der Waals surface area contributed by atoms with Crippen LogP contribution in [0.25, 0.3) is 0 Å². The molecule has 2 aromatic rings. The molecule has 0 saturated carbocycles. The van der Waals surface area contributed by atoms with Crippen LogP contribution in [0.5, 0.6) is 11.5 Å². The zero-order chi connectivity index (χ0) is 17.5. The van der Waals surface area contributed by atoms with Gasteiger partial charge in [0.2, 0.25) is 0 Å². The lowest BCUT2D eigenvalue weighted by Gasteiger charge is -2.23. The van der Waals surface area contributed by atoms with E-state index in [4.69, 9.17) is 15.2 Å². The zero-order valence-electron chi connectivity index (χ0n) is 14.2. The Morgan fingerprint density at radius 2 is 1.92 bits per heavy atom. The Labute approximate surface area is 143 Å². The van der Waals surface area contributed by atoms with Crippen LogP contribution in [0.15, 0.2) is 42.5 Å². The Balaban J connectivity index is 2.20. The fourth-order valence-electron chi connectivity index (χ4n) is 2.64. The van der Waals surface area contributed by atoms with E-state index >= 15 is 0 Å². The maximum atomic E-state index is 9.24. The number of nitriles is 1. The van der Waals surface area contributed by atoms with Crippen molar-refractivity contribution in [3.63, 3.8) is 0 Å². The summed E-state index contributed by atoms with van der Waals surface area (Å²) < 4.78 is 10.5. The van der Waals surface area contributed by atoms with Crippen LogP contribution in [-0.4, -0.2) is 20.8 Å². The summed E-state index contributed by atoms with van der Waals surface area (Å²) in [6.07, 6.45) is 0. The van der Waals surface area contributed by atoms with Crippen molar-refractivity contribution in [3.05, 3.63) is 59.2 Å². The van der Waals surface area contributed by atoms with E-state index in [0.29, 0.717) is 17.9 Å². The van der Waals surface area contributed by atoms with Gasteiger partial charge in [-0.3, -0.25) is 0 Å². The van der Waals surface area contributed by atoms with Gasteiger partial charge < -0.3 is 20.5 Å². The molecule has 0 radical (unpaired) electrons. The van der Waals surface area contributed by atoms with Gasteiger partial charge in [-0.25, -0.2) is 0 Å². The maximum absolute atomic E-state index is 9.24. The summed E-state index contributed by atoms with van der Waals surface area (Å²) in [5.41, 5.74) is 8.55. The molecule has 0 bridgehead atoms. The minimum Gasteiger partial charge on any atom is -0.497 e. The SMILES string of the molecule is COc1cccc(C(CN)NC(C)c2ccc(OC)c(C#N)c2)c1. The van der Waals surface area contributed by atoms with Gasteiger partial charge in [-0.15, -0.1) is 0 Å². The van der Waals surface area contributed by atoms with Gasteiger partial charge in [-0.05, 0) is 42.3 Å². The highest BCUT2D eigenvalue weighted by Gasteiger charge is 2.16. The summed E-state index contributed by atoms with van der Waals surface area (Å²) in [6.45, 7) is 2.50. The number of nitrogens with one attached hydrogen (secondary N) is 1. The van der Waals surface area contributed by atoms with Crippen molar-refractivity contribution in [2.45, 2.75) is 19.0 Å². The predicted octanol–water partition coefficient (Wildman–Crippen LogP) is 2.93. The molecule has 0 fully saturated rings. The normalized spacial score (nSPS) is 13.0. The lowest BCUT2D eigenvalue weighted by Crippen LogP contribution is -2.30. The molecule has 24 heavy (non-hydrogen) atoms. The topological polar surface area (TPSA) is 80.3 Å². The number of nitrogens with two attached hydrogens (primary N) is 1. The van der Waals surface area contributed by atoms with E-state index in [9.17, 15) is 5.26 Å². The molecular weight excluding hydrogens is 302 g/mol. The van der Waals surface area contributed by atoms with Crippen LogP contribution >= 0.6 is 0 Å². The fourth-order valence-corrected chi connectivity index (χ4v) is 2.64. The highest BCUT2D eigenvalue weighted by atomic mass is 16.5. The average molecular weight is 325 g/mol. The number of ether oxygens (including phenoxy) is 2. The molecule has 0 aromatic heterocycles. The summed E-state index contributed by atoms with van der Waals surface area (Å²) in [5.74, 6) is 1.38. The van der Waals surface area contributed by atoms with Crippen LogP contribution in [0.3, 0.4) is 0 Å². The van der Waals surface area contributed by atoms with E-state index in [1.165, 1.54) is 0 Å². The second kappa shape index (κ2) is 8.34. The summed E-state index contributed by atoms with van der Waals surface area (Å²) in [5, 5.41) is 12.7. The average Bonchev–Trinajstić information content (AvgIpc) is 2.65. The van der Waals surface area contributed by atoms with Crippen molar-refractivity contribution in [1.82, 2.24) is 5.32 Å². The first-order valence-electron chi connectivity index (χ1n) is 7.81. The van der Waals surface area contributed by atoms with Crippen molar-refractivity contribution in [3.8, 4) is 17.6 Å². The van der Waals surface area contributed by atoms with Crippen molar-refractivity contribution >= 4 is 0 Å².